The van der Waals surface area contributed by atoms with Gasteiger partial charge in [0.1, 0.15) is 10.4 Å². The van der Waals surface area contributed by atoms with E-state index in [1.165, 1.54) is 35.0 Å². The van der Waals surface area contributed by atoms with Gasteiger partial charge in [-0.15, -0.1) is 17.9 Å². The number of aromatic nitrogens is 2. The Morgan fingerprint density at radius 1 is 1.21 bits per heavy atom. The standard InChI is InChI=1S/C26H26N2O3S2/c1-4-12-28-25(30)22-19-8-6-5-7-9-20(19)33-24(22)27-26(28)32-14-17-13-21(29)31-23-16(3)15(2)10-11-18(17)23/h4,10-11,13H,1,5-9,12,14H2,2-3H3. The summed E-state index contributed by atoms with van der Waals surface area (Å²) >= 11 is 3.15. The van der Waals surface area contributed by atoms with Gasteiger partial charge in [0.25, 0.3) is 5.56 Å². The predicted octanol–water partition coefficient (Wildman–Crippen LogP) is 5.93. The molecular weight excluding hydrogens is 452 g/mol. The number of thiophene rings is 1. The molecule has 7 heteroatoms. The molecule has 0 atom stereocenters. The van der Waals surface area contributed by atoms with Crippen LogP contribution in [-0.4, -0.2) is 9.55 Å². The highest BCUT2D eigenvalue weighted by Crippen LogP contribution is 2.35. The third-order valence-corrected chi connectivity index (χ3v) is 8.69. The molecule has 0 fully saturated rings. The molecule has 0 unspecified atom stereocenters. The van der Waals surface area contributed by atoms with Gasteiger partial charge in [0.15, 0.2) is 5.16 Å². The summed E-state index contributed by atoms with van der Waals surface area (Å²) in [6.07, 6.45) is 7.23. The first kappa shape index (κ1) is 22.2. The maximum Gasteiger partial charge on any atom is 0.336 e. The van der Waals surface area contributed by atoms with Crippen molar-refractivity contribution in [3.8, 4) is 0 Å². The Bertz CT molecular complexity index is 1510. The zero-order chi connectivity index (χ0) is 23.1. The van der Waals surface area contributed by atoms with Crippen molar-refractivity contribution in [1.29, 1.82) is 0 Å². The number of aryl methyl sites for hydroxylation is 4. The fraction of sp³-hybridized carbons (Fsp3) is 0.346. The minimum Gasteiger partial charge on any atom is -0.422 e. The summed E-state index contributed by atoms with van der Waals surface area (Å²) in [5, 5.41) is 2.38. The summed E-state index contributed by atoms with van der Waals surface area (Å²) in [5.74, 6) is 0.519. The largest absolute Gasteiger partial charge is 0.422 e. The van der Waals surface area contributed by atoms with E-state index in [0.29, 0.717) is 23.0 Å². The Balaban J connectivity index is 1.59. The lowest BCUT2D eigenvalue weighted by Crippen LogP contribution is -2.23. The van der Waals surface area contributed by atoms with Crippen molar-refractivity contribution >= 4 is 44.3 Å². The molecule has 0 amide bonds. The molecule has 5 rings (SSSR count). The maximum absolute atomic E-state index is 13.5. The van der Waals surface area contributed by atoms with Gasteiger partial charge in [-0.25, -0.2) is 9.78 Å². The Kier molecular flexibility index (Phi) is 6.01. The monoisotopic (exact) mass is 478 g/mol. The number of benzene rings is 1. The molecule has 3 aromatic heterocycles. The fourth-order valence-corrected chi connectivity index (χ4v) is 6.89. The zero-order valence-corrected chi connectivity index (χ0v) is 20.5. The van der Waals surface area contributed by atoms with Crippen LogP contribution in [0.4, 0.5) is 0 Å². The van der Waals surface area contributed by atoms with Crippen molar-refractivity contribution in [2.24, 2.45) is 0 Å². The Morgan fingerprint density at radius 3 is 2.85 bits per heavy atom. The molecule has 0 saturated carbocycles. The van der Waals surface area contributed by atoms with E-state index in [2.05, 4.69) is 6.58 Å². The van der Waals surface area contributed by atoms with Crippen LogP contribution in [0.2, 0.25) is 0 Å². The highest BCUT2D eigenvalue weighted by molar-refractivity contribution is 7.98. The van der Waals surface area contributed by atoms with Crippen LogP contribution < -0.4 is 11.2 Å². The maximum atomic E-state index is 13.5. The summed E-state index contributed by atoms with van der Waals surface area (Å²) in [5.41, 5.74) is 4.44. The van der Waals surface area contributed by atoms with Gasteiger partial charge in [0.05, 0.1) is 5.39 Å². The summed E-state index contributed by atoms with van der Waals surface area (Å²) < 4.78 is 7.24. The SMILES string of the molecule is C=CCn1c(SCc2cc(=O)oc3c(C)c(C)ccc23)nc2sc3c(c2c1=O)CCCCC3. The third kappa shape index (κ3) is 3.97. The number of hydrogen-bond donors (Lipinski definition) is 0. The van der Waals surface area contributed by atoms with Gasteiger partial charge >= 0.3 is 5.63 Å². The van der Waals surface area contributed by atoms with Gasteiger partial charge in [-0.05, 0) is 61.8 Å². The number of thioether (sulfide) groups is 1. The second-order valence-corrected chi connectivity index (χ2v) is 10.6. The molecule has 0 saturated heterocycles. The van der Waals surface area contributed by atoms with Crippen LogP contribution in [0, 0.1) is 13.8 Å². The molecular formula is C26H26N2O3S2. The van der Waals surface area contributed by atoms with E-state index in [-0.39, 0.29) is 11.2 Å². The molecule has 0 N–H and O–H groups in total. The van der Waals surface area contributed by atoms with Crippen LogP contribution in [0.15, 0.2) is 50.0 Å². The lowest BCUT2D eigenvalue weighted by atomic mass is 10.0. The Hall–Kier alpha value is -2.64. The van der Waals surface area contributed by atoms with Crippen LogP contribution in [-0.2, 0) is 25.1 Å². The van der Waals surface area contributed by atoms with E-state index in [9.17, 15) is 9.59 Å². The molecule has 1 aromatic carbocycles. The van der Waals surface area contributed by atoms with Crippen LogP contribution in [0.1, 0.15) is 46.4 Å². The van der Waals surface area contributed by atoms with Crippen molar-refractivity contribution < 1.29 is 4.42 Å². The highest BCUT2D eigenvalue weighted by Gasteiger charge is 2.21. The van der Waals surface area contributed by atoms with Gasteiger partial charge in [-0.3, -0.25) is 9.36 Å². The van der Waals surface area contributed by atoms with E-state index < -0.39 is 0 Å². The number of fused-ring (bicyclic) bond motifs is 4. The molecule has 0 bridgehead atoms. The molecule has 170 valence electrons. The minimum atomic E-state index is -0.360. The van der Waals surface area contributed by atoms with Crippen LogP contribution >= 0.6 is 23.1 Å². The molecule has 4 aromatic rings. The van der Waals surface area contributed by atoms with E-state index in [1.54, 1.807) is 28.0 Å². The van der Waals surface area contributed by atoms with Crippen molar-refractivity contribution in [3.05, 3.63) is 78.8 Å². The van der Waals surface area contributed by atoms with Crippen molar-refractivity contribution in [1.82, 2.24) is 9.55 Å². The number of nitrogens with zero attached hydrogens (tertiary/aromatic N) is 2. The van der Waals surface area contributed by atoms with Crippen LogP contribution in [0.3, 0.4) is 0 Å². The van der Waals surface area contributed by atoms with E-state index >= 15 is 0 Å². The summed E-state index contributed by atoms with van der Waals surface area (Å²) in [6, 6.07) is 5.59. The Labute approximate surface area is 200 Å². The summed E-state index contributed by atoms with van der Waals surface area (Å²) in [7, 11) is 0. The van der Waals surface area contributed by atoms with E-state index in [1.807, 2.05) is 26.0 Å². The lowest BCUT2D eigenvalue weighted by molar-refractivity contribution is 0.557. The normalized spacial score (nSPS) is 13.9. The topological polar surface area (TPSA) is 65.1 Å². The Morgan fingerprint density at radius 2 is 2.03 bits per heavy atom. The quantitative estimate of drug-likeness (QED) is 0.117. The number of hydrogen-bond acceptors (Lipinski definition) is 6. The number of allylic oxidation sites excluding steroid dienone is 1. The molecule has 1 aliphatic carbocycles. The van der Waals surface area contributed by atoms with Gasteiger partial charge in [-0.2, -0.15) is 0 Å². The molecule has 1 aliphatic rings. The first-order chi connectivity index (χ1) is 16.0. The van der Waals surface area contributed by atoms with Gasteiger partial charge in [0.2, 0.25) is 0 Å². The van der Waals surface area contributed by atoms with Crippen LogP contribution in [0.25, 0.3) is 21.2 Å². The van der Waals surface area contributed by atoms with E-state index in [0.717, 1.165) is 51.6 Å². The molecule has 3 heterocycles. The van der Waals surface area contributed by atoms with Crippen molar-refractivity contribution in [3.63, 3.8) is 0 Å². The average molecular weight is 479 g/mol. The second-order valence-electron chi connectivity index (χ2n) is 8.61. The third-order valence-electron chi connectivity index (χ3n) is 6.48. The molecule has 0 spiro atoms. The van der Waals surface area contributed by atoms with Crippen molar-refractivity contribution in [2.75, 3.05) is 0 Å². The van der Waals surface area contributed by atoms with Crippen LogP contribution in [0.5, 0.6) is 0 Å². The molecule has 0 radical (unpaired) electrons. The van der Waals surface area contributed by atoms with Crippen molar-refractivity contribution in [2.45, 2.75) is 63.4 Å². The van der Waals surface area contributed by atoms with Gasteiger partial charge in [0, 0.05) is 28.6 Å². The van der Waals surface area contributed by atoms with E-state index in [4.69, 9.17) is 9.40 Å². The smallest absolute Gasteiger partial charge is 0.336 e. The fourth-order valence-electron chi connectivity index (χ4n) is 4.58. The zero-order valence-electron chi connectivity index (χ0n) is 18.9. The lowest BCUT2D eigenvalue weighted by Gasteiger charge is -2.12. The number of rotatable bonds is 5. The van der Waals surface area contributed by atoms with Gasteiger partial charge < -0.3 is 4.42 Å². The molecule has 0 aliphatic heterocycles. The summed E-state index contributed by atoms with van der Waals surface area (Å²) in [6.45, 7) is 8.23. The van der Waals surface area contributed by atoms with Gasteiger partial charge in [-0.1, -0.05) is 36.4 Å². The molecule has 33 heavy (non-hydrogen) atoms. The second kappa shape index (κ2) is 8.95. The first-order valence-corrected chi connectivity index (χ1v) is 13.1. The first-order valence-electron chi connectivity index (χ1n) is 11.3. The average Bonchev–Trinajstić information content (AvgIpc) is 2.98. The minimum absolute atomic E-state index is 0.0192. The predicted molar refractivity (Wildman–Crippen MR) is 137 cm³/mol. The summed E-state index contributed by atoms with van der Waals surface area (Å²) in [4.78, 5) is 32.9. The highest BCUT2D eigenvalue weighted by atomic mass is 32.2. The molecule has 5 nitrogen and oxygen atoms in total.